The molecular formula is C23H28BrF3N2O3. The van der Waals surface area contributed by atoms with Crippen LogP contribution in [0.1, 0.15) is 36.2 Å². The van der Waals surface area contributed by atoms with Crippen LogP contribution >= 0.6 is 15.9 Å². The fourth-order valence-corrected chi connectivity index (χ4v) is 3.73. The standard InChI is InChI=1S/C23H28BrF3N2O3/c1-6-14(2)12-29(18-8-7-16(24)9-15(18)3)17-10-19(31-4)21(20(11-17)32-5)22(30)28-13-23(25,26)27/h7-11,14H,6,12-13H2,1-5H3,(H,28,30). The maximum absolute atomic E-state index is 12.6. The Balaban J connectivity index is 2.58. The van der Waals surface area contributed by atoms with E-state index in [1.165, 1.54) is 14.2 Å². The molecule has 32 heavy (non-hydrogen) atoms. The van der Waals surface area contributed by atoms with Gasteiger partial charge in [-0.3, -0.25) is 4.79 Å². The number of amides is 1. The number of methoxy groups -OCH3 is 2. The van der Waals surface area contributed by atoms with Crippen molar-refractivity contribution in [2.24, 2.45) is 5.92 Å². The number of rotatable bonds is 9. The highest BCUT2D eigenvalue weighted by Gasteiger charge is 2.30. The van der Waals surface area contributed by atoms with E-state index in [0.717, 1.165) is 22.1 Å². The van der Waals surface area contributed by atoms with E-state index < -0.39 is 18.6 Å². The minimum Gasteiger partial charge on any atom is -0.496 e. The van der Waals surface area contributed by atoms with Gasteiger partial charge in [0.05, 0.1) is 14.2 Å². The fraction of sp³-hybridized carbons (Fsp3) is 0.435. The maximum atomic E-state index is 12.6. The minimum absolute atomic E-state index is 0.0842. The summed E-state index contributed by atoms with van der Waals surface area (Å²) < 4.78 is 49.5. The van der Waals surface area contributed by atoms with Crippen LogP contribution in [0.15, 0.2) is 34.8 Å². The molecule has 0 aliphatic rings. The normalized spacial score (nSPS) is 12.3. The third-order valence-corrected chi connectivity index (χ3v) is 5.61. The molecule has 2 aromatic carbocycles. The van der Waals surface area contributed by atoms with E-state index in [2.05, 4.69) is 34.7 Å². The van der Waals surface area contributed by atoms with Crippen molar-refractivity contribution in [2.45, 2.75) is 33.4 Å². The zero-order valence-electron chi connectivity index (χ0n) is 18.8. The Kier molecular flexibility index (Phi) is 8.83. The predicted molar refractivity (Wildman–Crippen MR) is 123 cm³/mol. The molecule has 9 heteroatoms. The number of alkyl halides is 3. The number of nitrogens with zero attached hydrogens (tertiary/aromatic N) is 1. The van der Waals surface area contributed by atoms with E-state index in [4.69, 9.17) is 9.47 Å². The van der Waals surface area contributed by atoms with Gasteiger partial charge in [0.15, 0.2) is 0 Å². The van der Waals surface area contributed by atoms with Crippen molar-refractivity contribution in [2.75, 3.05) is 32.2 Å². The maximum Gasteiger partial charge on any atom is 0.405 e. The lowest BCUT2D eigenvalue weighted by Gasteiger charge is -2.30. The van der Waals surface area contributed by atoms with Crippen LogP contribution in [0, 0.1) is 12.8 Å². The van der Waals surface area contributed by atoms with Crippen molar-refractivity contribution < 1.29 is 27.4 Å². The van der Waals surface area contributed by atoms with Gasteiger partial charge in [-0.2, -0.15) is 13.2 Å². The lowest BCUT2D eigenvalue weighted by molar-refractivity contribution is -0.123. The average molecular weight is 517 g/mol. The first-order valence-corrected chi connectivity index (χ1v) is 10.9. The van der Waals surface area contributed by atoms with Gasteiger partial charge in [-0.05, 0) is 36.6 Å². The average Bonchev–Trinajstić information content (AvgIpc) is 2.74. The van der Waals surface area contributed by atoms with Crippen molar-refractivity contribution >= 4 is 33.2 Å². The molecule has 1 atom stereocenters. The van der Waals surface area contributed by atoms with Gasteiger partial charge in [-0.15, -0.1) is 0 Å². The van der Waals surface area contributed by atoms with Crippen molar-refractivity contribution in [1.29, 1.82) is 0 Å². The summed E-state index contributed by atoms with van der Waals surface area (Å²) in [5.74, 6) is -0.313. The monoisotopic (exact) mass is 516 g/mol. The number of ether oxygens (including phenoxy) is 2. The van der Waals surface area contributed by atoms with Crippen molar-refractivity contribution in [1.82, 2.24) is 5.32 Å². The van der Waals surface area contributed by atoms with Crippen LogP contribution in [-0.4, -0.2) is 39.4 Å². The second-order valence-electron chi connectivity index (χ2n) is 7.58. The van der Waals surface area contributed by atoms with E-state index in [1.807, 2.05) is 30.4 Å². The van der Waals surface area contributed by atoms with Crippen molar-refractivity contribution in [3.63, 3.8) is 0 Å². The Labute approximate surface area is 195 Å². The van der Waals surface area contributed by atoms with E-state index in [1.54, 1.807) is 12.1 Å². The van der Waals surface area contributed by atoms with Crippen molar-refractivity contribution in [3.8, 4) is 11.5 Å². The van der Waals surface area contributed by atoms with Gasteiger partial charge in [0.1, 0.15) is 23.6 Å². The van der Waals surface area contributed by atoms with E-state index in [0.29, 0.717) is 18.2 Å². The van der Waals surface area contributed by atoms with E-state index in [9.17, 15) is 18.0 Å². The molecule has 176 valence electrons. The first-order chi connectivity index (χ1) is 15.0. The predicted octanol–water partition coefficient (Wildman–Crippen LogP) is 6.25. The van der Waals surface area contributed by atoms with Gasteiger partial charge in [0, 0.05) is 34.5 Å². The van der Waals surface area contributed by atoms with Crippen LogP contribution < -0.4 is 19.7 Å². The third-order valence-electron chi connectivity index (χ3n) is 5.12. The van der Waals surface area contributed by atoms with Crippen LogP contribution in [0.4, 0.5) is 24.5 Å². The third kappa shape index (κ3) is 6.54. The number of carbonyl (C=O) groups excluding carboxylic acids is 1. The van der Waals surface area contributed by atoms with Gasteiger partial charge < -0.3 is 19.7 Å². The second kappa shape index (κ2) is 10.9. The molecule has 0 aliphatic carbocycles. The minimum atomic E-state index is -4.53. The Morgan fingerprint density at radius 2 is 1.75 bits per heavy atom. The Morgan fingerprint density at radius 3 is 2.22 bits per heavy atom. The van der Waals surface area contributed by atoms with E-state index in [-0.39, 0.29) is 17.1 Å². The number of carbonyl (C=O) groups is 1. The zero-order valence-corrected chi connectivity index (χ0v) is 20.4. The number of hydrogen-bond acceptors (Lipinski definition) is 4. The molecule has 0 saturated carbocycles. The first-order valence-electron chi connectivity index (χ1n) is 10.1. The number of benzene rings is 2. The van der Waals surface area contributed by atoms with Crippen LogP contribution in [0.5, 0.6) is 11.5 Å². The molecule has 1 amide bonds. The molecule has 0 saturated heterocycles. The summed E-state index contributed by atoms with van der Waals surface area (Å²) in [6, 6.07) is 9.24. The van der Waals surface area contributed by atoms with Gasteiger partial charge in [-0.1, -0.05) is 36.2 Å². The SMILES string of the molecule is CCC(C)CN(c1cc(OC)c(C(=O)NCC(F)(F)F)c(OC)c1)c1ccc(Br)cc1C. The first kappa shape index (κ1) is 25.8. The molecule has 0 spiro atoms. The molecule has 0 radical (unpaired) electrons. The van der Waals surface area contributed by atoms with Crippen LogP contribution in [0.2, 0.25) is 0 Å². The molecule has 0 aliphatic heterocycles. The quantitative estimate of drug-likeness (QED) is 0.427. The largest absolute Gasteiger partial charge is 0.496 e. The van der Waals surface area contributed by atoms with Crippen LogP contribution in [0.3, 0.4) is 0 Å². The van der Waals surface area contributed by atoms with Crippen molar-refractivity contribution in [3.05, 3.63) is 45.9 Å². The summed E-state index contributed by atoms with van der Waals surface area (Å²) >= 11 is 3.48. The lowest BCUT2D eigenvalue weighted by atomic mass is 10.0. The van der Waals surface area contributed by atoms with Gasteiger partial charge >= 0.3 is 6.18 Å². The number of aryl methyl sites for hydroxylation is 1. The van der Waals surface area contributed by atoms with Gasteiger partial charge in [-0.25, -0.2) is 0 Å². The number of hydrogen-bond donors (Lipinski definition) is 1. The molecule has 0 fully saturated rings. The fourth-order valence-electron chi connectivity index (χ4n) is 3.25. The Bertz CT molecular complexity index is 926. The summed E-state index contributed by atoms with van der Waals surface area (Å²) in [4.78, 5) is 14.6. The molecule has 1 unspecified atom stereocenters. The Hall–Kier alpha value is -2.42. The number of nitrogens with one attached hydrogen (secondary N) is 1. The highest BCUT2D eigenvalue weighted by Crippen LogP contribution is 2.39. The van der Waals surface area contributed by atoms with Gasteiger partial charge in [0.25, 0.3) is 5.91 Å². The van der Waals surface area contributed by atoms with Gasteiger partial charge in [0.2, 0.25) is 0 Å². The molecule has 0 aromatic heterocycles. The summed E-state index contributed by atoms with van der Waals surface area (Å²) in [6.07, 6.45) is -3.57. The van der Waals surface area contributed by atoms with Crippen LogP contribution in [-0.2, 0) is 0 Å². The zero-order chi connectivity index (χ0) is 24.1. The molecule has 0 bridgehead atoms. The topological polar surface area (TPSA) is 50.8 Å². The molecule has 0 heterocycles. The number of anilines is 2. The summed E-state index contributed by atoms with van der Waals surface area (Å²) in [5, 5.41) is 1.88. The number of halogens is 4. The smallest absolute Gasteiger partial charge is 0.405 e. The summed E-state index contributed by atoms with van der Waals surface area (Å²) in [7, 11) is 2.73. The lowest BCUT2D eigenvalue weighted by Crippen LogP contribution is -2.34. The summed E-state index contributed by atoms with van der Waals surface area (Å²) in [5.41, 5.74) is 2.62. The second-order valence-corrected chi connectivity index (χ2v) is 8.49. The molecular weight excluding hydrogens is 489 g/mol. The molecule has 2 rings (SSSR count). The molecule has 2 aromatic rings. The Morgan fingerprint density at radius 1 is 1.16 bits per heavy atom. The highest BCUT2D eigenvalue weighted by atomic mass is 79.9. The summed E-state index contributed by atoms with van der Waals surface area (Å²) in [6.45, 7) is 5.47. The van der Waals surface area contributed by atoms with Crippen LogP contribution in [0.25, 0.3) is 0 Å². The van der Waals surface area contributed by atoms with E-state index >= 15 is 0 Å². The molecule has 5 nitrogen and oxygen atoms in total. The highest BCUT2D eigenvalue weighted by molar-refractivity contribution is 9.10. The molecule has 1 N–H and O–H groups in total.